The summed E-state index contributed by atoms with van der Waals surface area (Å²) in [6.45, 7) is 0.431. The second-order valence-electron chi connectivity index (χ2n) is 7.13. The van der Waals surface area contributed by atoms with E-state index < -0.39 is 0 Å². The first-order valence-corrected chi connectivity index (χ1v) is 10.9. The third-order valence-electron chi connectivity index (χ3n) is 5.05. The highest BCUT2D eigenvalue weighted by molar-refractivity contribution is 7.09. The molecule has 7 heteroatoms. The quantitative estimate of drug-likeness (QED) is 0.340. The molecule has 0 saturated heterocycles. The number of halogens is 1. The van der Waals surface area contributed by atoms with Crippen LogP contribution in [0.4, 0.5) is 10.2 Å². The lowest BCUT2D eigenvalue weighted by atomic mass is 10.0. The molecule has 0 unspecified atom stereocenters. The lowest BCUT2D eigenvalue weighted by molar-refractivity contribution is 0.313. The van der Waals surface area contributed by atoms with E-state index in [4.69, 9.17) is 14.7 Å². The van der Waals surface area contributed by atoms with Gasteiger partial charge in [-0.3, -0.25) is 4.98 Å². The van der Waals surface area contributed by atoms with E-state index in [2.05, 4.69) is 10.3 Å². The molecule has 158 valence electrons. The minimum absolute atomic E-state index is 0.274. The maximum absolute atomic E-state index is 13.5. The number of fused-ring (bicyclic) bond motifs is 1. The van der Waals surface area contributed by atoms with Crippen LogP contribution in [-0.4, -0.2) is 22.0 Å². The minimum Gasteiger partial charge on any atom is -0.486 e. The molecule has 5 rings (SSSR count). The van der Waals surface area contributed by atoms with E-state index in [1.165, 1.54) is 12.1 Å². The normalized spacial score (nSPS) is 10.9. The summed E-state index contributed by atoms with van der Waals surface area (Å²) >= 11 is 1.64. The Morgan fingerprint density at radius 2 is 1.84 bits per heavy atom. The molecule has 2 aromatic carbocycles. The van der Waals surface area contributed by atoms with Crippen molar-refractivity contribution in [2.24, 2.45) is 0 Å². The van der Waals surface area contributed by atoms with Crippen molar-refractivity contribution in [3.63, 3.8) is 0 Å². The first-order valence-electron chi connectivity index (χ1n) is 10.1. The number of pyridine rings is 1. The summed E-state index contributed by atoms with van der Waals surface area (Å²) in [7, 11) is 1.82. The minimum atomic E-state index is -0.274. The van der Waals surface area contributed by atoms with E-state index in [0.29, 0.717) is 29.5 Å². The molecule has 0 aliphatic heterocycles. The van der Waals surface area contributed by atoms with Gasteiger partial charge >= 0.3 is 0 Å². The number of hydrogen-bond donors (Lipinski definition) is 1. The number of hydrogen-bond acceptors (Lipinski definition) is 6. The van der Waals surface area contributed by atoms with Gasteiger partial charge in [-0.15, -0.1) is 11.3 Å². The van der Waals surface area contributed by atoms with Gasteiger partial charge in [0, 0.05) is 35.3 Å². The van der Waals surface area contributed by atoms with Crippen molar-refractivity contribution in [1.82, 2.24) is 15.0 Å². The van der Waals surface area contributed by atoms with Crippen molar-refractivity contribution < 1.29 is 9.13 Å². The van der Waals surface area contributed by atoms with Crippen molar-refractivity contribution in [2.45, 2.75) is 6.61 Å². The lowest BCUT2D eigenvalue weighted by Gasteiger charge is -2.15. The van der Waals surface area contributed by atoms with Crippen LogP contribution in [0.25, 0.3) is 33.4 Å². The second-order valence-corrected chi connectivity index (χ2v) is 8.17. The van der Waals surface area contributed by atoms with E-state index in [1.54, 1.807) is 35.9 Å². The van der Waals surface area contributed by atoms with Gasteiger partial charge in [0.1, 0.15) is 29.5 Å². The summed E-state index contributed by atoms with van der Waals surface area (Å²) in [5.41, 5.74) is 3.30. The molecule has 0 fully saturated rings. The van der Waals surface area contributed by atoms with Crippen molar-refractivity contribution in [3.05, 3.63) is 89.1 Å². The van der Waals surface area contributed by atoms with Crippen LogP contribution in [0, 0.1) is 5.82 Å². The monoisotopic (exact) mass is 442 g/mol. The summed E-state index contributed by atoms with van der Waals surface area (Å²) in [6, 6.07) is 18.2. The van der Waals surface area contributed by atoms with Crippen LogP contribution in [0.5, 0.6) is 5.75 Å². The summed E-state index contributed by atoms with van der Waals surface area (Å²) in [5, 5.41) is 6.02. The van der Waals surface area contributed by atoms with E-state index >= 15 is 0 Å². The molecule has 0 spiro atoms. The predicted molar refractivity (Wildman–Crippen MR) is 126 cm³/mol. The average Bonchev–Trinajstić information content (AvgIpc) is 3.36. The maximum atomic E-state index is 13.5. The fourth-order valence-electron chi connectivity index (χ4n) is 3.48. The maximum Gasteiger partial charge on any atom is 0.163 e. The lowest BCUT2D eigenvalue weighted by Crippen LogP contribution is -2.02. The second kappa shape index (κ2) is 8.72. The molecule has 0 saturated carbocycles. The number of ether oxygens (including phenoxy) is 1. The zero-order valence-corrected chi connectivity index (χ0v) is 18.1. The van der Waals surface area contributed by atoms with Crippen molar-refractivity contribution in [2.75, 3.05) is 12.4 Å². The van der Waals surface area contributed by atoms with Crippen LogP contribution >= 0.6 is 11.3 Å². The van der Waals surface area contributed by atoms with Gasteiger partial charge in [-0.25, -0.2) is 14.4 Å². The molecule has 3 heterocycles. The zero-order chi connectivity index (χ0) is 21.9. The Labute approximate surface area is 188 Å². The highest BCUT2D eigenvalue weighted by atomic mass is 32.1. The molecule has 0 atom stereocenters. The molecule has 5 nitrogen and oxygen atoms in total. The van der Waals surface area contributed by atoms with Gasteiger partial charge in [-0.05, 0) is 59.0 Å². The predicted octanol–water partition coefficient (Wildman–Crippen LogP) is 6.18. The number of benzene rings is 2. The topological polar surface area (TPSA) is 59.9 Å². The van der Waals surface area contributed by atoms with Gasteiger partial charge in [0.05, 0.1) is 0 Å². The molecular formula is C25H19FN4OS. The number of aromatic nitrogens is 3. The van der Waals surface area contributed by atoms with Crippen LogP contribution in [0.1, 0.15) is 4.88 Å². The summed E-state index contributed by atoms with van der Waals surface area (Å²) in [5.74, 6) is 1.60. The summed E-state index contributed by atoms with van der Waals surface area (Å²) < 4.78 is 19.7. The third-order valence-corrected chi connectivity index (χ3v) is 5.90. The van der Waals surface area contributed by atoms with E-state index in [-0.39, 0.29) is 5.82 Å². The fourth-order valence-corrected chi connectivity index (χ4v) is 4.09. The Morgan fingerprint density at radius 1 is 0.969 bits per heavy atom. The highest BCUT2D eigenvalue weighted by Crippen LogP contribution is 2.36. The summed E-state index contributed by atoms with van der Waals surface area (Å²) in [4.78, 5) is 14.8. The number of rotatable bonds is 6. The van der Waals surface area contributed by atoms with Crippen molar-refractivity contribution in [1.29, 1.82) is 0 Å². The van der Waals surface area contributed by atoms with E-state index in [9.17, 15) is 4.39 Å². The first-order chi connectivity index (χ1) is 15.7. The Hall–Kier alpha value is -3.84. The molecule has 0 bridgehead atoms. The van der Waals surface area contributed by atoms with Gasteiger partial charge in [0.2, 0.25) is 0 Å². The standard InChI is InChI=1S/C25H19FN4OS/c1-27-25-21-12-18(16-6-8-19(26)9-7-16)13-22(31-15-20-5-3-11-32-20)23(21)29-24(30-25)17-4-2-10-28-14-17/h2-14H,15H2,1H3,(H,27,29,30). The Kier molecular flexibility index (Phi) is 5.47. The van der Waals surface area contributed by atoms with Gasteiger partial charge in [0.25, 0.3) is 0 Å². The number of anilines is 1. The van der Waals surface area contributed by atoms with Gasteiger partial charge in [-0.2, -0.15) is 0 Å². The van der Waals surface area contributed by atoms with Crippen LogP contribution in [0.3, 0.4) is 0 Å². The Bertz CT molecular complexity index is 1360. The first kappa shape index (κ1) is 20.1. The number of thiophene rings is 1. The molecule has 5 aromatic rings. The highest BCUT2D eigenvalue weighted by Gasteiger charge is 2.16. The van der Waals surface area contributed by atoms with Crippen molar-refractivity contribution in [3.8, 4) is 28.3 Å². The molecule has 0 aliphatic carbocycles. The molecule has 0 radical (unpaired) electrons. The van der Waals surface area contributed by atoms with E-state index in [1.807, 2.05) is 48.8 Å². The van der Waals surface area contributed by atoms with Gasteiger partial charge in [0.15, 0.2) is 5.82 Å². The third kappa shape index (κ3) is 4.02. The Morgan fingerprint density at radius 3 is 2.56 bits per heavy atom. The molecule has 3 aromatic heterocycles. The molecule has 0 aliphatic rings. The molecule has 0 amide bonds. The summed E-state index contributed by atoms with van der Waals surface area (Å²) in [6.07, 6.45) is 3.45. The van der Waals surface area contributed by atoms with Crippen LogP contribution in [0.15, 0.2) is 78.4 Å². The van der Waals surface area contributed by atoms with Gasteiger partial charge in [-0.1, -0.05) is 18.2 Å². The van der Waals surface area contributed by atoms with Crippen LogP contribution < -0.4 is 10.1 Å². The van der Waals surface area contributed by atoms with Crippen LogP contribution in [-0.2, 0) is 6.61 Å². The fraction of sp³-hybridized carbons (Fsp3) is 0.0800. The number of nitrogens with one attached hydrogen (secondary N) is 1. The zero-order valence-electron chi connectivity index (χ0n) is 17.2. The molecule has 32 heavy (non-hydrogen) atoms. The number of nitrogens with zero attached hydrogens (tertiary/aromatic N) is 3. The average molecular weight is 443 g/mol. The largest absolute Gasteiger partial charge is 0.486 e. The van der Waals surface area contributed by atoms with Crippen molar-refractivity contribution >= 4 is 28.1 Å². The van der Waals surface area contributed by atoms with Crippen LogP contribution in [0.2, 0.25) is 0 Å². The molecular weight excluding hydrogens is 423 g/mol. The SMILES string of the molecule is CNc1nc(-c2cccnc2)nc2c(OCc3cccs3)cc(-c3ccc(F)cc3)cc12. The molecule has 1 N–H and O–H groups in total. The smallest absolute Gasteiger partial charge is 0.163 e. The Balaban J connectivity index is 1.69. The van der Waals surface area contributed by atoms with E-state index in [0.717, 1.165) is 27.0 Å². The van der Waals surface area contributed by atoms with Gasteiger partial charge < -0.3 is 10.1 Å².